The standard InChI is InChI=1S/C17H28BrNO/c1-5-11-19-17(13(2)3)8-6-7-14-12-15(20-4)9-10-16(14)18/h9-10,12-13,17,19H,5-8,11H2,1-4H3. The van der Waals surface area contributed by atoms with Gasteiger partial charge >= 0.3 is 0 Å². The fourth-order valence-electron chi connectivity index (χ4n) is 2.38. The Labute approximate surface area is 132 Å². The van der Waals surface area contributed by atoms with Gasteiger partial charge in [-0.05, 0) is 61.9 Å². The summed E-state index contributed by atoms with van der Waals surface area (Å²) >= 11 is 3.63. The van der Waals surface area contributed by atoms with Crippen LogP contribution >= 0.6 is 15.9 Å². The summed E-state index contributed by atoms with van der Waals surface area (Å²) in [7, 11) is 1.72. The quantitative estimate of drug-likeness (QED) is 0.696. The third-order valence-corrected chi connectivity index (χ3v) is 4.45. The van der Waals surface area contributed by atoms with E-state index in [0.29, 0.717) is 12.0 Å². The third-order valence-electron chi connectivity index (χ3n) is 3.68. The molecule has 20 heavy (non-hydrogen) atoms. The first-order valence-corrected chi connectivity index (χ1v) is 8.43. The molecule has 1 unspecified atom stereocenters. The van der Waals surface area contributed by atoms with Crippen molar-refractivity contribution < 1.29 is 4.74 Å². The molecule has 0 amide bonds. The van der Waals surface area contributed by atoms with Crippen LogP contribution in [0.5, 0.6) is 5.75 Å². The van der Waals surface area contributed by atoms with Gasteiger partial charge in [0, 0.05) is 10.5 Å². The maximum atomic E-state index is 5.30. The van der Waals surface area contributed by atoms with Gasteiger partial charge in [-0.25, -0.2) is 0 Å². The fourth-order valence-corrected chi connectivity index (χ4v) is 2.83. The van der Waals surface area contributed by atoms with E-state index in [4.69, 9.17) is 4.74 Å². The van der Waals surface area contributed by atoms with Gasteiger partial charge in [0.1, 0.15) is 5.75 Å². The molecular formula is C17H28BrNO. The lowest BCUT2D eigenvalue weighted by atomic mass is 9.96. The van der Waals surface area contributed by atoms with Crippen LogP contribution < -0.4 is 10.1 Å². The normalized spacial score (nSPS) is 12.7. The number of hydrogen-bond acceptors (Lipinski definition) is 2. The second kappa shape index (κ2) is 9.41. The summed E-state index contributed by atoms with van der Waals surface area (Å²) in [5.74, 6) is 1.63. The molecule has 0 radical (unpaired) electrons. The van der Waals surface area contributed by atoms with E-state index < -0.39 is 0 Å². The SMILES string of the molecule is CCCNC(CCCc1cc(OC)ccc1Br)C(C)C. The van der Waals surface area contributed by atoms with Crippen molar-refractivity contribution in [1.29, 1.82) is 0 Å². The highest BCUT2D eigenvalue weighted by Gasteiger charge is 2.12. The molecule has 0 bridgehead atoms. The Kier molecular flexibility index (Phi) is 8.24. The third kappa shape index (κ3) is 5.84. The first-order valence-electron chi connectivity index (χ1n) is 7.64. The van der Waals surface area contributed by atoms with Crippen LogP contribution in [0, 0.1) is 5.92 Å². The molecule has 0 aromatic heterocycles. The summed E-state index contributed by atoms with van der Waals surface area (Å²) in [6.45, 7) is 7.94. The first kappa shape index (κ1) is 17.5. The molecule has 0 aliphatic rings. The number of ether oxygens (including phenoxy) is 1. The van der Waals surface area contributed by atoms with Gasteiger partial charge < -0.3 is 10.1 Å². The van der Waals surface area contributed by atoms with E-state index in [1.54, 1.807) is 7.11 Å². The van der Waals surface area contributed by atoms with E-state index in [1.165, 1.54) is 29.3 Å². The second-order valence-electron chi connectivity index (χ2n) is 5.65. The van der Waals surface area contributed by atoms with Crippen LogP contribution in [0.2, 0.25) is 0 Å². The van der Waals surface area contributed by atoms with Gasteiger partial charge in [-0.2, -0.15) is 0 Å². The van der Waals surface area contributed by atoms with Crippen molar-refractivity contribution in [2.45, 2.75) is 52.5 Å². The highest BCUT2D eigenvalue weighted by molar-refractivity contribution is 9.10. The summed E-state index contributed by atoms with van der Waals surface area (Å²) in [5.41, 5.74) is 1.34. The van der Waals surface area contributed by atoms with E-state index in [-0.39, 0.29) is 0 Å². The van der Waals surface area contributed by atoms with Crippen LogP contribution in [0.25, 0.3) is 0 Å². The number of rotatable bonds is 9. The van der Waals surface area contributed by atoms with E-state index in [9.17, 15) is 0 Å². The number of aryl methyl sites for hydroxylation is 1. The molecule has 1 aromatic carbocycles. The lowest BCUT2D eigenvalue weighted by molar-refractivity contribution is 0.370. The highest BCUT2D eigenvalue weighted by Crippen LogP contribution is 2.24. The Morgan fingerprint density at radius 2 is 2.05 bits per heavy atom. The number of benzene rings is 1. The molecular weight excluding hydrogens is 314 g/mol. The van der Waals surface area contributed by atoms with Crippen molar-refractivity contribution in [3.05, 3.63) is 28.2 Å². The monoisotopic (exact) mass is 341 g/mol. The average molecular weight is 342 g/mol. The minimum absolute atomic E-state index is 0.624. The largest absolute Gasteiger partial charge is 0.497 e. The van der Waals surface area contributed by atoms with Crippen molar-refractivity contribution >= 4 is 15.9 Å². The summed E-state index contributed by atoms with van der Waals surface area (Å²) < 4.78 is 6.48. The predicted molar refractivity (Wildman–Crippen MR) is 90.6 cm³/mol. The summed E-state index contributed by atoms with van der Waals surface area (Å²) in [4.78, 5) is 0. The van der Waals surface area contributed by atoms with Gasteiger partial charge in [0.25, 0.3) is 0 Å². The molecule has 0 saturated carbocycles. The Hall–Kier alpha value is -0.540. The zero-order valence-corrected chi connectivity index (χ0v) is 14.8. The van der Waals surface area contributed by atoms with Crippen molar-refractivity contribution in [1.82, 2.24) is 5.32 Å². The Balaban J connectivity index is 2.49. The maximum absolute atomic E-state index is 5.30. The van der Waals surface area contributed by atoms with Crippen molar-refractivity contribution in [3.63, 3.8) is 0 Å². The van der Waals surface area contributed by atoms with Gasteiger partial charge in [-0.3, -0.25) is 0 Å². The van der Waals surface area contributed by atoms with Gasteiger partial charge in [0.15, 0.2) is 0 Å². The average Bonchev–Trinajstić information content (AvgIpc) is 2.44. The van der Waals surface area contributed by atoms with E-state index >= 15 is 0 Å². The number of methoxy groups -OCH3 is 1. The molecule has 1 N–H and O–H groups in total. The highest BCUT2D eigenvalue weighted by atomic mass is 79.9. The topological polar surface area (TPSA) is 21.3 Å². The minimum atomic E-state index is 0.624. The van der Waals surface area contributed by atoms with Gasteiger partial charge in [0.05, 0.1) is 7.11 Å². The molecule has 3 heteroatoms. The molecule has 0 saturated heterocycles. The van der Waals surface area contributed by atoms with E-state index in [2.05, 4.69) is 54.2 Å². The Morgan fingerprint density at radius 3 is 2.65 bits per heavy atom. The smallest absolute Gasteiger partial charge is 0.119 e. The molecule has 2 nitrogen and oxygen atoms in total. The molecule has 114 valence electrons. The van der Waals surface area contributed by atoms with Gasteiger partial charge in [0.2, 0.25) is 0 Å². The molecule has 1 aromatic rings. The molecule has 0 spiro atoms. The van der Waals surface area contributed by atoms with Crippen molar-refractivity contribution in [2.75, 3.05) is 13.7 Å². The Morgan fingerprint density at radius 1 is 1.30 bits per heavy atom. The Bertz CT molecular complexity index is 393. The van der Waals surface area contributed by atoms with E-state index in [0.717, 1.165) is 18.7 Å². The van der Waals surface area contributed by atoms with Gasteiger partial charge in [-0.1, -0.05) is 36.7 Å². The van der Waals surface area contributed by atoms with Crippen LogP contribution in [0.1, 0.15) is 45.6 Å². The predicted octanol–water partition coefficient (Wildman–Crippen LogP) is 4.80. The first-order chi connectivity index (χ1) is 9.58. The molecule has 1 rings (SSSR count). The lowest BCUT2D eigenvalue weighted by Gasteiger charge is -2.22. The minimum Gasteiger partial charge on any atom is -0.497 e. The maximum Gasteiger partial charge on any atom is 0.119 e. The molecule has 0 fully saturated rings. The molecule has 1 atom stereocenters. The molecule has 0 aliphatic heterocycles. The summed E-state index contributed by atoms with van der Waals surface area (Å²) in [6, 6.07) is 6.82. The molecule has 0 heterocycles. The number of hydrogen-bond donors (Lipinski definition) is 1. The fraction of sp³-hybridized carbons (Fsp3) is 0.647. The van der Waals surface area contributed by atoms with Crippen molar-refractivity contribution in [3.8, 4) is 5.75 Å². The number of halogens is 1. The second-order valence-corrected chi connectivity index (χ2v) is 6.51. The molecule has 0 aliphatic carbocycles. The van der Waals surface area contributed by atoms with Crippen LogP contribution in [-0.4, -0.2) is 19.7 Å². The number of nitrogens with one attached hydrogen (secondary N) is 1. The zero-order valence-electron chi connectivity index (χ0n) is 13.2. The lowest BCUT2D eigenvalue weighted by Crippen LogP contribution is -2.34. The zero-order chi connectivity index (χ0) is 15.0. The van der Waals surface area contributed by atoms with Crippen molar-refractivity contribution in [2.24, 2.45) is 5.92 Å². The van der Waals surface area contributed by atoms with Gasteiger partial charge in [-0.15, -0.1) is 0 Å². The van der Waals surface area contributed by atoms with Crippen LogP contribution in [0.3, 0.4) is 0 Å². The van der Waals surface area contributed by atoms with E-state index in [1.807, 2.05) is 6.07 Å². The van der Waals surface area contributed by atoms with Crippen LogP contribution in [0.15, 0.2) is 22.7 Å². The summed E-state index contributed by atoms with van der Waals surface area (Å²) in [5, 5.41) is 3.66. The van der Waals surface area contributed by atoms with Crippen LogP contribution in [-0.2, 0) is 6.42 Å². The summed E-state index contributed by atoms with van der Waals surface area (Å²) in [6.07, 6.45) is 4.71. The van der Waals surface area contributed by atoms with Crippen LogP contribution in [0.4, 0.5) is 0 Å².